The fraction of sp³-hybridized carbons (Fsp3) is 0.900. The second kappa shape index (κ2) is 7.12. The maximum absolute atomic E-state index is 12.8. The summed E-state index contributed by atoms with van der Waals surface area (Å²) < 4.78 is 0. The average molecular weight is 473 g/mol. The molecule has 5 aliphatic carbocycles. The van der Waals surface area contributed by atoms with Crippen molar-refractivity contribution in [3.63, 3.8) is 0 Å². The van der Waals surface area contributed by atoms with Crippen LogP contribution < -0.4 is 0 Å². The van der Waals surface area contributed by atoms with Gasteiger partial charge in [-0.2, -0.15) is 0 Å². The highest BCUT2D eigenvalue weighted by atomic mass is 16.4. The first-order valence-electron chi connectivity index (χ1n) is 13.9. The quantitative estimate of drug-likeness (QED) is 0.397. The number of fused-ring (bicyclic) bond motifs is 7. The number of carbonyl (C=O) groups is 1. The molecule has 9 atom stereocenters. The molecule has 0 saturated heterocycles. The molecule has 4 saturated carbocycles. The predicted octanol–water partition coefficient (Wildman–Crippen LogP) is 6.20. The number of aliphatic hydroxyl groups is 2. The Kier molecular flexibility index (Phi) is 5.20. The van der Waals surface area contributed by atoms with Gasteiger partial charge in [0, 0.05) is 0 Å². The topological polar surface area (TPSA) is 77.8 Å². The highest BCUT2D eigenvalue weighted by Crippen LogP contribution is 2.75. The number of hydrogen-bond donors (Lipinski definition) is 3. The second-order valence-electron chi connectivity index (χ2n) is 15.2. The van der Waals surface area contributed by atoms with Crippen molar-refractivity contribution in [1.29, 1.82) is 0 Å². The molecule has 192 valence electrons. The number of hydrogen-bond acceptors (Lipinski definition) is 3. The normalized spacial score (nSPS) is 53.4. The van der Waals surface area contributed by atoms with Crippen LogP contribution in [0.2, 0.25) is 0 Å². The van der Waals surface area contributed by atoms with Crippen molar-refractivity contribution in [1.82, 2.24) is 0 Å². The van der Waals surface area contributed by atoms with Gasteiger partial charge in [0.25, 0.3) is 0 Å². The zero-order chi connectivity index (χ0) is 25.1. The minimum atomic E-state index is -0.679. The van der Waals surface area contributed by atoms with E-state index in [0.29, 0.717) is 18.3 Å². The van der Waals surface area contributed by atoms with Crippen LogP contribution in [0.25, 0.3) is 0 Å². The number of allylic oxidation sites excluding steroid dienone is 2. The van der Waals surface area contributed by atoms with Crippen LogP contribution >= 0.6 is 0 Å². The van der Waals surface area contributed by atoms with Crippen LogP contribution in [0, 0.1) is 50.2 Å². The fourth-order valence-corrected chi connectivity index (χ4v) is 10.8. The molecule has 0 aromatic carbocycles. The summed E-state index contributed by atoms with van der Waals surface area (Å²) >= 11 is 0. The third kappa shape index (κ3) is 2.88. The van der Waals surface area contributed by atoms with E-state index in [0.717, 1.165) is 51.4 Å². The summed E-state index contributed by atoms with van der Waals surface area (Å²) in [5, 5.41) is 32.4. The molecule has 0 aliphatic heterocycles. The van der Waals surface area contributed by atoms with Crippen molar-refractivity contribution in [3.8, 4) is 0 Å². The molecule has 0 aromatic heterocycles. The Bertz CT molecular complexity index is 919. The molecule has 0 bridgehead atoms. The van der Waals surface area contributed by atoms with Gasteiger partial charge < -0.3 is 15.3 Å². The highest BCUT2D eigenvalue weighted by Gasteiger charge is 2.70. The Hall–Kier alpha value is -0.870. The maximum Gasteiger partial charge on any atom is 0.310 e. The minimum Gasteiger partial charge on any atom is -0.481 e. The van der Waals surface area contributed by atoms with Crippen molar-refractivity contribution in [3.05, 3.63) is 11.6 Å². The van der Waals surface area contributed by atoms with Crippen LogP contribution in [0.1, 0.15) is 106 Å². The number of rotatable bonds is 1. The lowest BCUT2D eigenvalue weighted by Gasteiger charge is -2.71. The molecule has 5 aliphatic rings. The summed E-state index contributed by atoms with van der Waals surface area (Å²) in [7, 11) is 0. The van der Waals surface area contributed by atoms with E-state index in [4.69, 9.17) is 0 Å². The number of aliphatic hydroxyl groups excluding tert-OH is 2. The molecule has 3 N–H and O–H groups in total. The molecule has 34 heavy (non-hydrogen) atoms. The molecule has 0 spiro atoms. The van der Waals surface area contributed by atoms with Gasteiger partial charge in [-0.05, 0) is 103 Å². The van der Waals surface area contributed by atoms with Gasteiger partial charge >= 0.3 is 5.97 Å². The van der Waals surface area contributed by atoms with E-state index in [-0.39, 0.29) is 33.0 Å². The Morgan fingerprint density at radius 2 is 1.53 bits per heavy atom. The Morgan fingerprint density at radius 1 is 0.882 bits per heavy atom. The molecular formula is C30H48O4. The summed E-state index contributed by atoms with van der Waals surface area (Å²) in [6.45, 7) is 16.3. The van der Waals surface area contributed by atoms with Crippen LogP contribution in [-0.2, 0) is 4.79 Å². The van der Waals surface area contributed by atoms with Crippen molar-refractivity contribution in [2.24, 2.45) is 50.2 Å². The van der Waals surface area contributed by atoms with Crippen molar-refractivity contribution < 1.29 is 20.1 Å². The number of carboxylic acid groups (broad SMARTS) is 1. The number of aliphatic carboxylic acids is 1. The van der Waals surface area contributed by atoms with Crippen LogP contribution in [0.5, 0.6) is 0 Å². The van der Waals surface area contributed by atoms with Crippen LogP contribution in [-0.4, -0.2) is 33.5 Å². The summed E-state index contributed by atoms with van der Waals surface area (Å²) in [6, 6.07) is 0. The zero-order valence-electron chi connectivity index (χ0n) is 22.6. The van der Waals surface area contributed by atoms with Crippen LogP contribution in [0.3, 0.4) is 0 Å². The molecule has 4 nitrogen and oxygen atoms in total. The molecule has 4 fully saturated rings. The van der Waals surface area contributed by atoms with Crippen molar-refractivity contribution >= 4 is 5.97 Å². The van der Waals surface area contributed by atoms with Crippen LogP contribution in [0.4, 0.5) is 0 Å². The Balaban J connectivity index is 1.61. The van der Waals surface area contributed by atoms with Gasteiger partial charge in [-0.3, -0.25) is 4.79 Å². The molecule has 0 aromatic rings. The summed E-state index contributed by atoms with van der Waals surface area (Å²) in [6.07, 6.45) is 9.45. The lowest BCUT2D eigenvalue weighted by Crippen LogP contribution is -2.67. The van der Waals surface area contributed by atoms with Gasteiger partial charge in [0.2, 0.25) is 0 Å². The van der Waals surface area contributed by atoms with Gasteiger partial charge in [-0.15, -0.1) is 0 Å². The highest BCUT2D eigenvalue weighted by molar-refractivity contribution is 5.76. The monoisotopic (exact) mass is 472 g/mol. The van der Waals surface area contributed by atoms with Gasteiger partial charge in [0.05, 0.1) is 17.6 Å². The minimum absolute atomic E-state index is 0.00785. The fourth-order valence-electron chi connectivity index (χ4n) is 10.8. The average Bonchev–Trinajstić information content (AvgIpc) is 2.72. The molecule has 0 heterocycles. The predicted molar refractivity (Wildman–Crippen MR) is 134 cm³/mol. The van der Waals surface area contributed by atoms with E-state index in [1.165, 1.54) is 5.57 Å². The van der Waals surface area contributed by atoms with Gasteiger partial charge in [-0.1, -0.05) is 60.1 Å². The Labute approximate surface area is 206 Å². The summed E-state index contributed by atoms with van der Waals surface area (Å²) in [5.41, 5.74) is 0.754. The molecular weight excluding hydrogens is 424 g/mol. The van der Waals surface area contributed by atoms with E-state index in [1.54, 1.807) is 0 Å². The summed E-state index contributed by atoms with van der Waals surface area (Å²) in [4.78, 5) is 12.8. The molecule has 7 unspecified atom stereocenters. The Morgan fingerprint density at radius 3 is 2.18 bits per heavy atom. The van der Waals surface area contributed by atoms with Gasteiger partial charge in [0.15, 0.2) is 0 Å². The third-order valence-corrected chi connectivity index (χ3v) is 13.0. The molecule has 0 radical (unpaired) electrons. The molecule has 5 rings (SSSR count). The van der Waals surface area contributed by atoms with Crippen molar-refractivity contribution in [2.75, 3.05) is 0 Å². The SMILES string of the molecule is CC1(C)CCC2(C(=O)O)CC[C@@]3(C)C(=CCC4C5(C)CC(O)[C@H](O)C(C)(C)C5CCC43C)C2C1. The van der Waals surface area contributed by atoms with E-state index in [1.807, 2.05) is 0 Å². The van der Waals surface area contributed by atoms with Crippen molar-refractivity contribution in [2.45, 2.75) is 118 Å². The van der Waals surface area contributed by atoms with Gasteiger partial charge in [-0.25, -0.2) is 0 Å². The lowest BCUT2D eigenvalue weighted by atomic mass is 9.33. The van der Waals surface area contributed by atoms with E-state index < -0.39 is 23.6 Å². The smallest absolute Gasteiger partial charge is 0.310 e. The standard InChI is InChI=1S/C30H48O4/c1-25(2)12-14-30(24(33)34)15-13-28(6)18(19(30)16-25)8-9-22-27(5)17-20(31)23(32)26(3,4)21(27)10-11-29(22,28)7/h8,19-23,31-32H,9-17H2,1-7H3,(H,33,34)/t19?,20?,21?,22?,23-,27?,28-,29?,30?/m0/s1. The molecule has 0 amide bonds. The summed E-state index contributed by atoms with van der Waals surface area (Å²) in [5.74, 6) is 0.365. The van der Waals surface area contributed by atoms with E-state index >= 15 is 0 Å². The molecule has 4 heteroatoms. The largest absolute Gasteiger partial charge is 0.481 e. The zero-order valence-corrected chi connectivity index (χ0v) is 22.6. The van der Waals surface area contributed by atoms with E-state index in [2.05, 4.69) is 54.5 Å². The van der Waals surface area contributed by atoms with E-state index in [9.17, 15) is 20.1 Å². The number of carboxylic acids is 1. The third-order valence-electron chi connectivity index (χ3n) is 13.0. The first kappa shape index (κ1) is 24.8. The maximum atomic E-state index is 12.8. The van der Waals surface area contributed by atoms with Gasteiger partial charge in [0.1, 0.15) is 0 Å². The first-order chi connectivity index (χ1) is 15.6. The van der Waals surface area contributed by atoms with Crippen LogP contribution in [0.15, 0.2) is 11.6 Å². The first-order valence-corrected chi connectivity index (χ1v) is 13.9. The lowest BCUT2D eigenvalue weighted by molar-refractivity contribution is -0.231. The second-order valence-corrected chi connectivity index (χ2v) is 15.2.